The first-order valence-corrected chi connectivity index (χ1v) is 7.67. The van der Waals surface area contributed by atoms with Gasteiger partial charge in [-0.2, -0.15) is 0 Å². The number of hydrogen-bond donors (Lipinski definition) is 1. The average molecular weight is 287 g/mol. The van der Waals surface area contributed by atoms with Crippen molar-refractivity contribution in [3.05, 3.63) is 21.3 Å². The van der Waals surface area contributed by atoms with E-state index in [0.29, 0.717) is 22.4 Å². The fourth-order valence-electron chi connectivity index (χ4n) is 2.57. The smallest absolute Gasteiger partial charge is 0.265 e. The molecule has 2 N–H and O–H groups in total. The summed E-state index contributed by atoms with van der Waals surface area (Å²) in [5.41, 5.74) is 5.82. The molecule has 0 radical (unpaired) electrons. The molecule has 2 unspecified atom stereocenters. The zero-order valence-corrected chi connectivity index (χ0v) is 12.1. The minimum absolute atomic E-state index is 0.0417. The minimum Gasteiger partial charge on any atom is -0.334 e. The second kappa shape index (κ2) is 6.04. The maximum absolute atomic E-state index is 12.4. The number of carbonyl (C=O) groups excluding carboxylic acids is 1. The molecule has 1 fully saturated rings. The topological polar surface area (TPSA) is 46.3 Å². The third-order valence-corrected chi connectivity index (χ3v) is 5.08. The largest absolute Gasteiger partial charge is 0.334 e. The third kappa shape index (κ3) is 2.71. The first-order chi connectivity index (χ1) is 8.67. The van der Waals surface area contributed by atoms with Crippen LogP contribution in [0.1, 0.15) is 35.9 Å². The van der Waals surface area contributed by atoms with Crippen LogP contribution >= 0.6 is 22.9 Å². The van der Waals surface area contributed by atoms with E-state index in [9.17, 15) is 4.79 Å². The summed E-state index contributed by atoms with van der Waals surface area (Å²) in [5, 5.41) is 2.41. The van der Waals surface area contributed by atoms with Crippen LogP contribution in [0.4, 0.5) is 0 Å². The third-order valence-electron chi connectivity index (χ3n) is 3.75. The van der Waals surface area contributed by atoms with Crippen LogP contribution < -0.4 is 5.73 Å². The molecule has 5 heteroatoms. The van der Waals surface area contributed by atoms with Crippen LogP contribution in [0.5, 0.6) is 0 Å². The molecule has 2 heterocycles. The van der Waals surface area contributed by atoms with E-state index >= 15 is 0 Å². The normalized spacial score (nSPS) is 24.3. The Balaban J connectivity index is 2.13. The van der Waals surface area contributed by atoms with Crippen molar-refractivity contribution in [1.82, 2.24) is 4.90 Å². The molecule has 3 nitrogen and oxygen atoms in total. The van der Waals surface area contributed by atoms with Crippen LogP contribution in [0.15, 0.2) is 11.4 Å². The summed E-state index contributed by atoms with van der Waals surface area (Å²) < 4.78 is 0. The molecule has 18 heavy (non-hydrogen) atoms. The first-order valence-electron chi connectivity index (χ1n) is 6.41. The Hall–Kier alpha value is -0.580. The number of hydrogen-bond acceptors (Lipinski definition) is 3. The van der Waals surface area contributed by atoms with E-state index in [1.807, 2.05) is 10.3 Å². The summed E-state index contributed by atoms with van der Waals surface area (Å²) in [6.07, 6.45) is 3.25. The predicted molar refractivity (Wildman–Crippen MR) is 76.2 cm³/mol. The molecule has 2 rings (SSSR count). The maximum atomic E-state index is 12.4. The van der Waals surface area contributed by atoms with Gasteiger partial charge >= 0.3 is 0 Å². The molecule has 1 saturated heterocycles. The Morgan fingerprint density at radius 3 is 3.00 bits per heavy atom. The molecule has 0 aromatic carbocycles. The van der Waals surface area contributed by atoms with Gasteiger partial charge in [-0.15, -0.1) is 11.3 Å². The molecule has 1 aromatic rings. The second-order valence-electron chi connectivity index (χ2n) is 4.78. The Morgan fingerprint density at radius 2 is 2.44 bits per heavy atom. The molecule has 0 saturated carbocycles. The average Bonchev–Trinajstić information content (AvgIpc) is 2.83. The lowest BCUT2D eigenvalue weighted by atomic mass is 9.89. The van der Waals surface area contributed by atoms with E-state index in [2.05, 4.69) is 6.92 Å². The highest BCUT2D eigenvalue weighted by Crippen LogP contribution is 2.29. The van der Waals surface area contributed by atoms with Crippen molar-refractivity contribution in [3.63, 3.8) is 0 Å². The number of amides is 1. The lowest BCUT2D eigenvalue weighted by Crippen LogP contribution is -2.49. The lowest BCUT2D eigenvalue weighted by Gasteiger charge is -2.38. The van der Waals surface area contributed by atoms with Crippen LogP contribution in [-0.4, -0.2) is 29.9 Å². The second-order valence-corrected chi connectivity index (χ2v) is 6.11. The van der Waals surface area contributed by atoms with Crippen LogP contribution in [0, 0.1) is 5.92 Å². The Labute approximate surface area is 117 Å². The molecular weight excluding hydrogens is 268 g/mol. The minimum atomic E-state index is 0.0417. The number of nitrogens with zero attached hydrogens (tertiary/aromatic N) is 1. The van der Waals surface area contributed by atoms with Crippen molar-refractivity contribution in [2.75, 3.05) is 13.1 Å². The Bertz CT molecular complexity index is 421. The molecule has 1 amide bonds. The van der Waals surface area contributed by atoms with Crippen molar-refractivity contribution in [2.45, 2.75) is 32.2 Å². The van der Waals surface area contributed by atoms with Gasteiger partial charge in [0, 0.05) is 19.1 Å². The highest BCUT2D eigenvalue weighted by molar-refractivity contribution is 7.12. The molecule has 0 aliphatic carbocycles. The number of rotatable bonds is 3. The van der Waals surface area contributed by atoms with E-state index in [1.54, 1.807) is 6.07 Å². The summed E-state index contributed by atoms with van der Waals surface area (Å²) in [7, 11) is 0. The lowest BCUT2D eigenvalue weighted by molar-refractivity contribution is 0.0563. The van der Waals surface area contributed by atoms with Crippen molar-refractivity contribution in [2.24, 2.45) is 11.7 Å². The van der Waals surface area contributed by atoms with Crippen molar-refractivity contribution in [1.29, 1.82) is 0 Å². The van der Waals surface area contributed by atoms with Crippen LogP contribution in [0.2, 0.25) is 5.02 Å². The summed E-state index contributed by atoms with van der Waals surface area (Å²) >= 11 is 7.44. The number of likely N-dealkylation sites (tertiary alicyclic amines) is 1. The first kappa shape index (κ1) is 13.8. The van der Waals surface area contributed by atoms with Crippen LogP contribution in [0.3, 0.4) is 0 Å². The van der Waals surface area contributed by atoms with E-state index in [4.69, 9.17) is 17.3 Å². The standard InChI is InChI=1S/C13H19ClN2OS/c1-2-9-3-5-16(10(7-9)8-15)13(17)12-11(14)4-6-18-12/h4,6,9-10H,2-3,5,7-8,15H2,1H3. The van der Waals surface area contributed by atoms with Crippen molar-refractivity contribution < 1.29 is 4.79 Å². The molecule has 0 spiro atoms. The van der Waals surface area contributed by atoms with Gasteiger partial charge in [0.25, 0.3) is 5.91 Å². The van der Waals surface area contributed by atoms with Gasteiger partial charge in [0.1, 0.15) is 4.88 Å². The van der Waals surface area contributed by atoms with Crippen molar-refractivity contribution >= 4 is 28.8 Å². The Morgan fingerprint density at radius 1 is 1.67 bits per heavy atom. The fraction of sp³-hybridized carbons (Fsp3) is 0.615. The molecule has 100 valence electrons. The summed E-state index contributed by atoms with van der Waals surface area (Å²) in [5.74, 6) is 0.737. The molecule has 1 aromatic heterocycles. The van der Waals surface area contributed by atoms with Gasteiger partial charge in [-0.1, -0.05) is 24.9 Å². The summed E-state index contributed by atoms with van der Waals surface area (Å²) in [6, 6.07) is 1.93. The van der Waals surface area contributed by atoms with E-state index in [0.717, 1.165) is 25.8 Å². The maximum Gasteiger partial charge on any atom is 0.265 e. The molecule has 1 aliphatic rings. The summed E-state index contributed by atoms with van der Waals surface area (Å²) in [4.78, 5) is 15.0. The van der Waals surface area contributed by atoms with Crippen LogP contribution in [0.25, 0.3) is 0 Å². The zero-order valence-electron chi connectivity index (χ0n) is 10.6. The molecule has 0 bridgehead atoms. The van der Waals surface area contributed by atoms with E-state index in [1.165, 1.54) is 11.3 Å². The van der Waals surface area contributed by atoms with Crippen LogP contribution in [-0.2, 0) is 0 Å². The summed E-state index contributed by atoms with van der Waals surface area (Å²) in [6.45, 7) is 3.53. The fourth-order valence-corrected chi connectivity index (χ4v) is 3.66. The Kier molecular flexibility index (Phi) is 4.65. The number of halogens is 1. The highest BCUT2D eigenvalue weighted by Gasteiger charge is 2.31. The predicted octanol–water partition coefficient (Wildman–Crippen LogP) is 2.99. The SMILES string of the molecule is CCC1CCN(C(=O)c2sccc2Cl)C(CN)C1. The van der Waals surface area contributed by atoms with Gasteiger partial charge in [-0.3, -0.25) is 4.79 Å². The monoisotopic (exact) mass is 286 g/mol. The van der Waals surface area contributed by atoms with Gasteiger partial charge < -0.3 is 10.6 Å². The van der Waals surface area contributed by atoms with E-state index < -0.39 is 0 Å². The quantitative estimate of drug-likeness (QED) is 0.928. The van der Waals surface area contributed by atoms with Crippen molar-refractivity contribution in [3.8, 4) is 0 Å². The van der Waals surface area contributed by atoms with Gasteiger partial charge in [-0.05, 0) is 30.2 Å². The van der Waals surface area contributed by atoms with Gasteiger partial charge in [-0.25, -0.2) is 0 Å². The van der Waals surface area contributed by atoms with Gasteiger partial charge in [0.05, 0.1) is 5.02 Å². The zero-order chi connectivity index (χ0) is 13.1. The van der Waals surface area contributed by atoms with Gasteiger partial charge in [0.15, 0.2) is 0 Å². The molecule has 2 atom stereocenters. The number of piperidine rings is 1. The van der Waals surface area contributed by atoms with E-state index in [-0.39, 0.29) is 11.9 Å². The molecular formula is C13H19ClN2OS. The molecule has 1 aliphatic heterocycles. The number of thiophene rings is 1. The number of nitrogens with two attached hydrogens (primary N) is 1. The number of carbonyl (C=O) groups is 1. The van der Waals surface area contributed by atoms with Gasteiger partial charge in [0.2, 0.25) is 0 Å². The highest BCUT2D eigenvalue weighted by atomic mass is 35.5.